The van der Waals surface area contributed by atoms with Crippen molar-refractivity contribution in [1.82, 2.24) is 20.4 Å². The Morgan fingerprint density at radius 3 is 2.48 bits per heavy atom. The van der Waals surface area contributed by atoms with Gasteiger partial charge in [0.1, 0.15) is 0 Å². The molecular formula is C22H24N4O. The number of aromatic nitrogens is 2. The maximum Gasteiger partial charge on any atom is 0.253 e. The zero-order valence-electron chi connectivity index (χ0n) is 15.6. The van der Waals surface area contributed by atoms with Gasteiger partial charge in [-0.1, -0.05) is 36.4 Å². The topological polar surface area (TPSA) is 61.0 Å². The molecule has 1 aromatic heterocycles. The van der Waals surface area contributed by atoms with Gasteiger partial charge in [-0.05, 0) is 43.7 Å². The lowest BCUT2D eigenvalue weighted by Crippen LogP contribution is -2.55. The molecule has 1 fully saturated rings. The van der Waals surface area contributed by atoms with Gasteiger partial charge in [0.05, 0.1) is 11.2 Å². The van der Waals surface area contributed by atoms with E-state index in [9.17, 15) is 4.79 Å². The lowest BCUT2D eigenvalue weighted by Gasteiger charge is -2.36. The van der Waals surface area contributed by atoms with Gasteiger partial charge in [-0.15, -0.1) is 0 Å². The Hall–Kier alpha value is -2.92. The van der Waals surface area contributed by atoms with Gasteiger partial charge in [0.25, 0.3) is 5.91 Å². The van der Waals surface area contributed by atoms with Gasteiger partial charge in [-0.2, -0.15) is 5.10 Å². The van der Waals surface area contributed by atoms with E-state index in [1.165, 1.54) is 0 Å². The van der Waals surface area contributed by atoms with E-state index < -0.39 is 0 Å². The summed E-state index contributed by atoms with van der Waals surface area (Å²) in [5, 5.41) is 11.9. The molecule has 4 rings (SSSR count). The molecule has 1 saturated heterocycles. The molecule has 1 aliphatic heterocycles. The highest BCUT2D eigenvalue weighted by molar-refractivity contribution is 5.95. The fraction of sp³-hybridized carbons (Fsp3) is 0.273. The highest BCUT2D eigenvalue weighted by atomic mass is 16.2. The minimum absolute atomic E-state index is 0.101. The molecule has 2 heterocycles. The van der Waals surface area contributed by atoms with Crippen LogP contribution in [0.1, 0.15) is 35.5 Å². The van der Waals surface area contributed by atoms with Crippen molar-refractivity contribution in [2.24, 2.45) is 0 Å². The molecule has 5 heteroatoms. The van der Waals surface area contributed by atoms with Gasteiger partial charge < -0.3 is 10.2 Å². The van der Waals surface area contributed by atoms with Gasteiger partial charge in [0.2, 0.25) is 0 Å². The third-order valence-corrected chi connectivity index (χ3v) is 4.94. The number of amides is 1. The van der Waals surface area contributed by atoms with Crippen molar-refractivity contribution in [1.29, 1.82) is 0 Å². The van der Waals surface area contributed by atoms with Crippen molar-refractivity contribution in [3.05, 3.63) is 65.4 Å². The van der Waals surface area contributed by atoms with Crippen LogP contribution in [0, 0.1) is 0 Å². The molecule has 0 saturated carbocycles. The highest BCUT2D eigenvalue weighted by Gasteiger charge is 2.25. The molecule has 3 aromatic rings. The minimum Gasteiger partial charge on any atom is -0.336 e. The van der Waals surface area contributed by atoms with Crippen LogP contribution in [0.25, 0.3) is 23.1 Å². The van der Waals surface area contributed by atoms with Crippen LogP contribution in [0.4, 0.5) is 0 Å². The number of H-pyrrole nitrogens is 1. The fourth-order valence-electron chi connectivity index (χ4n) is 3.70. The summed E-state index contributed by atoms with van der Waals surface area (Å²) in [6.45, 7) is 5.72. The standard InChI is InChI=1S/C22H24N4O/c1-15-13-26(14-16(2)23-15)22(27)18-10-7-17(8-11-18)9-12-21-19-5-3-4-6-20(19)24-25-21/h3-12,15-16,23H,13-14H2,1-2H3,(H,24,25)/t15-,16?/m1/s1. The molecule has 2 aromatic carbocycles. The van der Waals surface area contributed by atoms with Gasteiger partial charge in [-0.25, -0.2) is 0 Å². The monoisotopic (exact) mass is 360 g/mol. The summed E-state index contributed by atoms with van der Waals surface area (Å²) < 4.78 is 0. The summed E-state index contributed by atoms with van der Waals surface area (Å²) in [7, 11) is 0. The van der Waals surface area contributed by atoms with Crippen LogP contribution in [0.3, 0.4) is 0 Å². The van der Waals surface area contributed by atoms with E-state index in [1.54, 1.807) is 0 Å². The van der Waals surface area contributed by atoms with Crippen LogP contribution >= 0.6 is 0 Å². The number of hydrogen-bond donors (Lipinski definition) is 2. The fourth-order valence-corrected chi connectivity index (χ4v) is 3.70. The smallest absolute Gasteiger partial charge is 0.253 e. The number of benzene rings is 2. The minimum atomic E-state index is 0.101. The lowest BCUT2D eigenvalue weighted by atomic mass is 10.1. The van der Waals surface area contributed by atoms with Crippen molar-refractivity contribution >= 4 is 29.0 Å². The molecule has 1 unspecified atom stereocenters. The summed E-state index contributed by atoms with van der Waals surface area (Å²) in [6.07, 6.45) is 4.02. The SMILES string of the molecule is CC1CN(C(=O)c2ccc(C=Cc3n[nH]c4ccccc34)cc2)C[C@@H](C)N1. The van der Waals surface area contributed by atoms with Crippen molar-refractivity contribution in [2.75, 3.05) is 13.1 Å². The van der Waals surface area contributed by atoms with E-state index in [-0.39, 0.29) is 5.91 Å². The zero-order chi connectivity index (χ0) is 18.8. The van der Waals surface area contributed by atoms with Crippen LogP contribution in [0.15, 0.2) is 48.5 Å². The quantitative estimate of drug-likeness (QED) is 0.751. The van der Waals surface area contributed by atoms with Gasteiger partial charge in [-0.3, -0.25) is 9.89 Å². The first-order valence-corrected chi connectivity index (χ1v) is 9.37. The summed E-state index contributed by atoms with van der Waals surface area (Å²) in [5.41, 5.74) is 3.71. The Bertz CT molecular complexity index is 963. The normalized spacial score (nSPS) is 20.4. The van der Waals surface area contributed by atoms with E-state index >= 15 is 0 Å². The number of carbonyl (C=O) groups is 1. The average Bonchev–Trinajstić information content (AvgIpc) is 3.09. The Kier molecular flexibility index (Phi) is 4.77. The number of nitrogens with zero attached hydrogens (tertiary/aromatic N) is 2. The predicted molar refractivity (Wildman–Crippen MR) is 109 cm³/mol. The molecule has 1 aliphatic rings. The molecule has 0 aliphatic carbocycles. The first-order valence-electron chi connectivity index (χ1n) is 9.37. The Balaban J connectivity index is 1.48. The number of fused-ring (bicyclic) bond motifs is 1. The number of nitrogens with one attached hydrogen (secondary N) is 2. The molecule has 2 N–H and O–H groups in total. The van der Waals surface area contributed by atoms with Gasteiger partial charge in [0, 0.05) is 36.1 Å². The molecule has 0 bridgehead atoms. The summed E-state index contributed by atoms with van der Waals surface area (Å²) in [4.78, 5) is 14.7. The molecular weight excluding hydrogens is 336 g/mol. The Morgan fingerprint density at radius 1 is 1.04 bits per heavy atom. The Morgan fingerprint density at radius 2 is 1.74 bits per heavy atom. The summed E-state index contributed by atoms with van der Waals surface area (Å²) >= 11 is 0. The zero-order valence-corrected chi connectivity index (χ0v) is 15.6. The van der Waals surface area contributed by atoms with Crippen molar-refractivity contribution < 1.29 is 4.79 Å². The van der Waals surface area contributed by atoms with Crippen LogP contribution in [0.5, 0.6) is 0 Å². The van der Waals surface area contributed by atoms with E-state index in [0.717, 1.165) is 40.8 Å². The summed E-state index contributed by atoms with van der Waals surface area (Å²) in [5.74, 6) is 0.101. The largest absolute Gasteiger partial charge is 0.336 e. The molecule has 2 atom stereocenters. The van der Waals surface area contributed by atoms with E-state index in [0.29, 0.717) is 12.1 Å². The first kappa shape index (κ1) is 17.5. The van der Waals surface area contributed by atoms with E-state index in [4.69, 9.17) is 0 Å². The molecule has 1 amide bonds. The van der Waals surface area contributed by atoms with Gasteiger partial charge in [0.15, 0.2) is 0 Å². The second-order valence-electron chi connectivity index (χ2n) is 7.29. The van der Waals surface area contributed by atoms with E-state index in [2.05, 4.69) is 35.4 Å². The van der Waals surface area contributed by atoms with E-state index in [1.807, 2.05) is 59.5 Å². The van der Waals surface area contributed by atoms with Gasteiger partial charge >= 0.3 is 0 Å². The number of aromatic amines is 1. The molecule has 138 valence electrons. The average molecular weight is 360 g/mol. The maximum atomic E-state index is 12.8. The first-order chi connectivity index (χ1) is 13.1. The molecule has 0 radical (unpaired) electrons. The highest BCUT2D eigenvalue weighted by Crippen LogP contribution is 2.18. The summed E-state index contributed by atoms with van der Waals surface area (Å²) in [6, 6.07) is 16.5. The number of carbonyl (C=O) groups excluding carboxylic acids is 1. The molecule has 5 nitrogen and oxygen atoms in total. The number of piperazine rings is 1. The molecule has 0 spiro atoms. The van der Waals surface area contributed by atoms with Crippen molar-refractivity contribution in [3.8, 4) is 0 Å². The van der Waals surface area contributed by atoms with Crippen LogP contribution in [-0.2, 0) is 0 Å². The predicted octanol–water partition coefficient (Wildman–Crippen LogP) is 3.56. The lowest BCUT2D eigenvalue weighted by molar-refractivity contribution is 0.0674. The number of hydrogen-bond acceptors (Lipinski definition) is 3. The number of rotatable bonds is 3. The third-order valence-electron chi connectivity index (χ3n) is 4.94. The molecule has 27 heavy (non-hydrogen) atoms. The second-order valence-corrected chi connectivity index (χ2v) is 7.29. The van der Waals surface area contributed by atoms with Crippen molar-refractivity contribution in [2.45, 2.75) is 25.9 Å². The second kappa shape index (κ2) is 7.37. The van der Waals surface area contributed by atoms with Crippen molar-refractivity contribution in [3.63, 3.8) is 0 Å². The van der Waals surface area contributed by atoms with Crippen LogP contribution < -0.4 is 5.32 Å². The van der Waals surface area contributed by atoms with Crippen LogP contribution in [-0.4, -0.2) is 46.2 Å². The third kappa shape index (κ3) is 3.78. The maximum absolute atomic E-state index is 12.8. The van der Waals surface area contributed by atoms with Crippen LogP contribution in [0.2, 0.25) is 0 Å². The Labute approximate surface area is 159 Å². The number of para-hydroxylation sites is 1.